The van der Waals surface area contributed by atoms with E-state index in [9.17, 15) is 22.0 Å². The first-order valence-corrected chi connectivity index (χ1v) is 6.05. The molecule has 2 nitrogen and oxygen atoms in total. The van der Waals surface area contributed by atoms with Crippen LogP contribution in [0.2, 0.25) is 0 Å². The van der Waals surface area contributed by atoms with E-state index in [-0.39, 0.29) is 17.7 Å². The summed E-state index contributed by atoms with van der Waals surface area (Å²) in [6.07, 6.45) is -1.62. The van der Waals surface area contributed by atoms with Crippen LogP contribution < -0.4 is 0 Å². The van der Waals surface area contributed by atoms with Crippen molar-refractivity contribution in [2.45, 2.75) is 12.5 Å². The summed E-state index contributed by atoms with van der Waals surface area (Å²) in [4.78, 5) is 0. The lowest BCUT2D eigenvalue weighted by molar-refractivity contribution is -0.0747. The number of benzene rings is 1. The van der Waals surface area contributed by atoms with Crippen LogP contribution in [0.25, 0.3) is 0 Å². The van der Waals surface area contributed by atoms with Gasteiger partial charge in [0, 0.05) is 13.5 Å². The Bertz CT molecular complexity index is 492. The second-order valence-corrected chi connectivity index (χ2v) is 4.89. The molecule has 1 aromatic carbocycles. The molecule has 0 amide bonds. The van der Waals surface area contributed by atoms with Crippen molar-refractivity contribution in [3.63, 3.8) is 0 Å². The summed E-state index contributed by atoms with van der Waals surface area (Å²) in [6.45, 7) is 3.06. The van der Waals surface area contributed by atoms with Gasteiger partial charge in [0.2, 0.25) is 5.82 Å². The number of ether oxygens (including phenoxy) is 2. The lowest BCUT2D eigenvalue weighted by Crippen LogP contribution is -2.15. The van der Waals surface area contributed by atoms with Crippen LogP contribution in [-0.4, -0.2) is 13.9 Å². The molecule has 0 saturated carbocycles. The van der Waals surface area contributed by atoms with Gasteiger partial charge in [0.25, 0.3) is 0 Å². The third-order valence-electron chi connectivity index (χ3n) is 2.36. The van der Waals surface area contributed by atoms with E-state index in [4.69, 9.17) is 4.74 Å². The summed E-state index contributed by atoms with van der Waals surface area (Å²) in [5.41, 5.74) is -1.06. The van der Waals surface area contributed by atoms with E-state index in [0.717, 1.165) is 0 Å². The molecule has 112 valence electrons. The van der Waals surface area contributed by atoms with Crippen LogP contribution in [0.1, 0.15) is 18.1 Å². The first kappa shape index (κ1) is 17.1. The Morgan fingerprint density at radius 3 is 1.90 bits per heavy atom. The van der Waals surface area contributed by atoms with Crippen LogP contribution in [-0.2, 0) is 9.47 Å². The Hall–Kier alpha value is -0.990. The van der Waals surface area contributed by atoms with Gasteiger partial charge in [-0.2, -0.15) is 0 Å². The topological polar surface area (TPSA) is 18.5 Å². The molecule has 1 rings (SSSR count). The molecule has 0 radical (unpaired) electrons. The van der Waals surface area contributed by atoms with Gasteiger partial charge in [0.05, 0.1) is 11.7 Å². The molecule has 0 aromatic heterocycles. The maximum Gasteiger partial charge on any atom is 0.200 e. The minimum Gasteiger partial charge on any atom is -0.359 e. The molecule has 1 aromatic rings. The second-order valence-electron chi connectivity index (χ2n) is 3.77. The zero-order valence-electron chi connectivity index (χ0n) is 10.3. The molecular weight excluding hydrogens is 351 g/mol. The Kier molecular flexibility index (Phi) is 6.09. The van der Waals surface area contributed by atoms with Crippen molar-refractivity contribution in [2.75, 3.05) is 13.9 Å². The van der Waals surface area contributed by atoms with E-state index in [0.29, 0.717) is 0 Å². The average Bonchev–Trinajstić information content (AvgIpc) is 2.39. The molecule has 0 bridgehead atoms. The fourth-order valence-electron chi connectivity index (χ4n) is 1.50. The number of methoxy groups -OCH3 is 1. The Labute approximate surface area is 120 Å². The lowest BCUT2D eigenvalue weighted by atomic mass is 10.0. The highest BCUT2D eigenvalue weighted by Crippen LogP contribution is 2.34. The highest BCUT2D eigenvalue weighted by molar-refractivity contribution is 9.11. The van der Waals surface area contributed by atoms with Crippen molar-refractivity contribution in [3.05, 3.63) is 45.7 Å². The lowest BCUT2D eigenvalue weighted by Gasteiger charge is -2.19. The molecule has 0 spiro atoms. The molecule has 20 heavy (non-hydrogen) atoms. The average molecular weight is 361 g/mol. The zero-order chi connectivity index (χ0) is 15.4. The normalized spacial score (nSPS) is 12.6. The smallest absolute Gasteiger partial charge is 0.200 e. The molecule has 8 heteroatoms. The highest BCUT2D eigenvalue weighted by Gasteiger charge is 2.31. The van der Waals surface area contributed by atoms with Crippen molar-refractivity contribution in [3.8, 4) is 0 Å². The Balaban J connectivity index is 3.35. The molecule has 1 unspecified atom stereocenters. The monoisotopic (exact) mass is 360 g/mol. The molecular formula is C12H10BrF5O2. The highest BCUT2D eigenvalue weighted by atomic mass is 79.9. The summed E-state index contributed by atoms with van der Waals surface area (Å²) in [5, 5.41) is 0. The molecule has 0 heterocycles. The van der Waals surface area contributed by atoms with Gasteiger partial charge in [-0.25, -0.2) is 22.0 Å². The fraction of sp³-hybridized carbons (Fsp3) is 0.333. The van der Waals surface area contributed by atoms with Gasteiger partial charge in [-0.05, 0) is 4.48 Å². The van der Waals surface area contributed by atoms with Crippen LogP contribution in [0.15, 0.2) is 11.1 Å². The second kappa shape index (κ2) is 7.14. The summed E-state index contributed by atoms with van der Waals surface area (Å²) in [7, 11) is 1.25. The van der Waals surface area contributed by atoms with Crippen LogP contribution in [0.5, 0.6) is 0 Å². The maximum absolute atomic E-state index is 13.6. The van der Waals surface area contributed by atoms with Gasteiger partial charge in [-0.1, -0.05) is 22.5 Å². The van der Waals surface area contributed by atoms with Crippen molar-refractivity contribution < 1.29 is 31.4 Å². The summed E-state index contributed by atoms with van der Waals surface area (Å²) in [6, 6.07) is 0. The molecule has 1 atom stereocenters. The first-order valence-electron chi connectivity index (χ1n) is 5.26. The number of halogens is 6. The van der Waals surface area contributed by atoms with Crippen LogP contribution in [0.3, 0.4) is 0 Å². The van der Waals surface area contributed by atoms with E-state index >= 15 is 0 Å². The molecule has 0 fully saturated rings. The van der Waals surface area contributed by atoms with Crippen molar-refractivity contribution >= 4 is 15.9 Å². The van der Waals surface area contributed by atoms with E-state index in [1.54, 1.807) is 0 Å². The van der Waals surface area contributed by atoms with Crippen LogP contribution >= 0.6 is 15.9 Å². The van der Waals surface area contributed by atoms with Crippen molar-refractivity contribution in [1.29, 1.82) is 0 Å². The quantitative estimate of drug-likeness (QED) is 0.325. The minimum absolute atomic E-state index is 0.193. The van der Waals surface area contributed by atoms with Crippen molar-refractivity contribution in [2.24, 2.45) is 0 Å². The molecule has 0 aliphatic carbocycles. The van der Waals surface area contributed by atoms with Crippen LogP contribution in [0.4, 0.5) is 22.0 Å². The van der Waals surface area contributed by atoms with Gasteiger partial charge in [0.1, 0.15) is 6.79 Å². The summed E-state index contributed by atoms with van der Waals surface area (Å²) >= 11 is 2.94. The Morgan fingerprint density at radius 1 is 1.05 bits per heavy atom. The van der Waals surface area contributed by atoms with Gasteiger partial charge < -0.3 is 9.47 Å². The maximum atomic E-state index is 13.6. The third kappa shape index (κ3) is 3.56. The van der Waals surface area contributed by atoms with Gasteiger partial charge in [0.15, 0.2) is 23.3 Å². The minimum atomic E-state index is -2.22. The number of hydrogen-bond acceptors (Lipinski definition) is 2. The van der Waals surface area contributed by atoms with Gasteiger partial charge in [-0.15, -0.1) is 0 Å². The van der Waals surface area contributed by atoms with Gasteiger partial charge in [-0.3, -0.25) is 0 Å². The standard InChI is InChI=1S/C12H10BrF5O2/c1-5(13)3-6(20-4-19-2)7-8(14)10(16)12(18)11(17)9(7)15/h6H,1,3-4H2,2H3. The van der Waals surface area contributed by atoms with Crippen molar-refractivity contribution in [1.82, 2.24) is 0 Å². The zero-order valence-corrected chi connectivity index (χ0v) is 11.9. The molecule has 0 N–H and O–H groups in total. The van der Waals surface area contributed by atoms with E-state index in [2.05, 4.69) is 27.2 Å². The first-order chi connectivity index (χ1) is 9.31. The molecule has 0 aliphatic heterocycles. The largest absolute Gasteiger partial charge is 0.359 e. The van der Waals surface area contributed by atoms with E-state index in [1.165, 1.54) is 7.11 Å². The predicted octanol–water partition coefficient (Wildman–Crippen LogP) is 4.34. The molecule has 0 aliphatic rings. The Morgan fingerprint density at radius 2 is 1.50 bits per heavy atom. The molecule has 0 saturated heterocycles. The number of rotatable bonds is 6. The van der Waals surface area contributed by atoms with Crippen LogP contribution in [0, 0.1) is 29.1 Å². The third-order valence-corrected chi connectivity index (χ3v) is 2.68. The van der Waals surface area contributed by atoms with E-state index < -0.39 is 40.8 Å². The van der Waals surface area contributed by atoms with E-state index in [1.807, 2.05) is 0 Å². The summed E-state index contributed by atoms with van der Waals surface area (Å²) in [5.74, 6) is -10.1. The van der Waals surface area contributed by atoms with Gasteiger partial charge >= 0.3 is 0 Å². The number of hydrogen-bond donors (Lipinski definition) is 0. The summed E-state index contributed by atoms with van der Waals surface area (Å²) < 4.78 is 76.3. The SMILES string of the molecule is C=C(Br)CC(OCOC)c1c(F)c(F)c(F)c(F)c1F. The fourth-order valence-corrected chi connectivity index (χ4v) is 1.79. The predicted molar refractivity (Wildman–Crippen MR) is 64.6 cm³/mol.